The third-order valence-electron chi connectivity index (χ3n) is 5.25. The van der Waals surface area contributed by atoms with Crippen LogP contribution in [0.1, 0.15) is 24.2 Å². The van der Waals surface area contributed by atoms with Crippen LogP contribution in [0.4, 0.5) is 0 Å². The molecule has 1 atom stereocenters. The first-order valence-electron chi connectivity index (χ1n) is 10.6. The lowest BCUT2D eigenvalue weighted by Crippen LogP contribution is -2.28. The molecule has 0 bridgehead atoms. The largest absolute Gasteiger partial charge is 0.493 e. The van der Waals surface area contributed by atoms with E-state index in [9.17, 15) is 13.2 Å². The highest BCUT2D eigenvalue weighted by atomic mass is 32.2. The van der Waals surface area contributed by atoms with Crippen LogP contribution in [0.2, 0.25) is 0 Å². The van der Waals surface area contributed by atoms with Crippen LogP contribution in [0.15, 0.2) is 47.5 Å². The van der Waals surface area contributed by atoms with E-state index in [2.05, 4.69) is 19.9 Å². The van der Waals surface area contributed by atoms with Crippen LogP contribution in [0, 0.1) is 6.92 Å². The van der Waals surface area contributed by atoms with Crippen molar-refractivity contribution in [3.8, 4) is 22.9 Å². The molecule has 4 rings (SSSR count). The van der Waals surface area contributed by atoms with Gasteiger partial charge in [-0.25, -0.2) is 28.2 Å². The summed E-state index contributed by atoms with van der Waals surface area (Å²) in [7, 11) is -1.95. The number of nitrogens with one attached hydrogen (secondary N) is 1. The van der Waals surface area contributed by atoms with Crippen molar-refractivity contribution in [3.05, 3.63) is 64.5 Å². The van der Waals surface area contributed by atoms with Crippen molar-refractivity contribution in [2.24, 2.45) is 0 Å². The molecular formula is C23H25N5O5S. The molecule has 0 radical (unpaired) electrons. The molecule has 0 aliphatic carbocycles. The van der Waals surface area contributed by atoms with Crippen LogP contribution >= 0.6 is 0 Å². The van der Waals surface area contributed by atoms with Crippen molar-refractivity contribution in [2.45, 2.75) is 19.9 Å². The number of aromatic nitrogens is 5. The quantitative estimate of drug-likeness (QED) is 0.405. The van der Waals surface area contributed by atoms with Gasteiger partial charge in [0.05, 0.1) is 31.0 Å². The summed E-state index contributed by atoms with van der Waals surface area (Å²) in [4.78, 5) is 29.0. The molecular weight excluding hydrogens is 458 g/mol. The number of hydrogen-bond donors (Lipinski definition) is 1. The minimum Gasteiger partial charge on any atom is -0.493 e. The second-order valence-electron chi connectivity index (χ2n) is 7.87. The highest BCUT2D eigenvalue weighted by molar-refractivity contribution is 7.90. The van der Waals surface area contributed by atoms with Crippen molar-refractivity contribution in [1.29, 1.82) is 0 Å². The average molecular weight is 484 g/mol. The maximum Gasteiger partial charge on any atom is 0.328 e. The molecule has 0 amide bonds. The zero-order valence-corrected chi connectivity index (χ0v) is 20.1. The third kappa shape index (κ3) is 4.79. The molecule has 0 saturated carbocycles. The number of nitrogens with zero attached hydrogens (tertiary/aromatic N) is 4. The number of fused-ring (bicyclic) bond motifs is 1. The highest BCUT2D eigenvalue weighted by Gasteiger charge is 2.26. The van der Waals surface area contributed by atoms with E-state index in [4.69, 9.17) is 9.47 Å². The van der Waals surface area contributed by atoms with Crippen LogP contribution in [0.5, 0.6) is 11.5 Å². The number of ether oxygens (including phenoxy) is 2. The summed E-state index contributed by atoms with van der Waals surface area (Å²) in [5.41, 5.74) is 2.30. The van der Waals surface area contributed by atoms with Crippen molar-refractivity contribution in [2.75, 3.05) is 25.7 Å². The molecule has 3 aromatic heterocycles. The lowest BCUT2D eigenvalue weighted by atomic mass is 10.1. The van der Waals surface area contributed by atoms with E-state index in [0.29, 0.717) is 46.2 Å². The first-order valence-corrected chi connectivity index (χ1v) is 12.6. The van der Waals surface area contributed by atoms with Crippen molar-refractivity contribution < 1.29 is 17.9 Å². The molecule has 0 saturated heterocycles. The molecule has 4 aromatic rings. The number of aromatic amines is 1. The summed E-state index contributed by atoms with van der Waals surface area (Å²) in [5, 5.41) is 0. The van der Waals surface area contributed by atoms with Gasteiger partial charge in [-0.3, -0.25) is 4.57 Å². The van der Waals surface area contributed by atoms with Gasteiger partial charge < -0.3 is 14.5 Å². The maximum absolute atomic E-state index is 13.1. The standard InChI is InChI=1S/C23H25N5O5S/c1-5-33-20-11-15(6-7-19(20)32-3)18(13-34(4,30)31)28-22-17(27-23(28)29)10-16(12-25-22)21-24-9-8-14(2)26-21/h6-12,18H,5,13H2,1-4H3,(H,27,29)/t18-/m1/s1. The first-order chi connectivity index (χ1) is 16.2. The van der Waals surface area contributed by atoms with Gasteiger partial charge in [-0.1, -0.05) is 6.07 Å². The SMILES string of the molecule is CCOc1cc([C@@H](CS(C)(=O)=O)n2c(=O)[nH]c3cc(-c4nccc(C)n4)cnc32)ccc1OC. The van der Waals surface area contributed by atoms with Gasteiger partial charge in [0.15, 0.2) is 23.0 Å². The van der Waals surface area contributed by atoms with E-state index in [-0.39, 0.29) is 5.75 Å². The fourth-order valence-electron chi connectivity index (χ4n) is 3.79. The summed E-state index contributed by atoms with van der Waals surface area (Å²) in [5.74, 6) is 1.14. The Hall–Kier alpha value is -3.73. The average Bonchev–Trinajstić information content (AvgIpc) is 3.12. The normalized spacial score (nSPS) is 12.6. The van der Waals surface area contributed by atoms with E-state index < -0.39 is 21.6 Å². The zero-order valence-electron chi connectivity index (χ0n) is 19.3. The Morgan fingerprint density at radius 1 is 1.15 bits per heavy atom. The number of methoxy groups -OCH3 is 1. The van der Waals surface area contributed by atoms with Gasteiger partial charge in [0.25, 0.3) is 0 Å². The van der Waals surface area contributed by atoms with Crippen LogP contribution in [0.3, 0.4) is 0 Å². The summed E-state index contributed by atoms with van der Waals surface area (Å²) < 4.78 is 37.0. The van der Waals surface area contributed by atoms with Gasteiger partial charge in [-0.05, 0) is 43.7 Å². The number of sulfone groups is 1. The van der Waals surface area contributed by atoms with Crippen LogP contribution in [-0.2, 0) is 9.84 Å². The van der Waals surface area contributed by atoms with E-state index in [0.717, 1.165) is 11.9 Å². The number of benzene rings is 1. The van der Waals surface area contributed by atoms with Crippen molar-refractivity contribution >= 4 is 21.0 Å². The molecule has 178 valence electrons. The number of pyridine rings is 1. The van der Waals surface area contributed by atoms with Gasteiger partial charge in [0.2, 0.25) is 0 Å². The molecule has 0 spiro atoms. The molecule has 0 aliphatic rings. The molecule has 3 heterocycles. The number of aryl methyl sites for hydroxylation is 1. The molecule has 0 unspecified atom stereocenters. The molecule has 0 fully saturated rings. The predicted octanol–water partition coefficient (Wildman–Crippen LogP) is 2.53. The van der Waals surface area contributed by atoms with Gasteiger partial charge in [-0.2, -0.15) is 0 Å². The fourth-order valence-corrected chi connectivity index (χ4v) is 4.70. The smallest absolute Gasteiger partial charge is 0.328 e. The van der Waals surface area contributed by atoms with E-state index >= 15 is 0 Å². The Morgan fingerprint density at radius 3 is 2.62 bits per heavy atom. The Labute approximate surface area is 196 Å². The number of rotatable bonds is 8. The maximum atomic E-state index is 13.1. The Morgan fingerprint density at radius 2 is 1.94 bits per heavy atom. The number of H-pyrrole nitrogens is 1. The summed E-state index contributed by atoms with van der Waals surface area (Å²) >= 11 is 0. The van der Waals surface area contributed by atoms with E-state index in [1.807, 2.05) is 13.8 Å². The second-order valence-corrected chi connectivity index (χ2v) is 10.1. The first kappa shape index (κ1) is 23.4. The van der Waals surface area contributed by atoms with E-state index in [1.165, 1.54) is 11.7 Å². The Balaban J connectivity index is 1.88. The fraction of sp³-hybridized carbons (Fsp3) is 0.304. The van der Waals surface area contributed by atoms with Gasteiger partial charge in [0.1, 0.15) is 9.84 Å². The predicted molar refractivity (Wildman–Crippen MR) is 128 cm³/mol. The van der Waals surface area contributed by atoms with Gasteiger partial charge in [0, 0.05) is 29.9 Å². The summed E-state index contributed by atoms with van der Waals surface area (Å²) in [6, 6.07) is 7.78. The molecule has 1 aromatic carbocycles. The van der Waals surface area contributed by atoms with Crippen LogP contribution in [-0.4, -0.2) is 58.6 Å². The third-order valence-corrected chi connectivity index (χ3v) is 6.17. The minimum absolute atomic E-state index is 0.303. The topological polar surface area (TPSA) is 129 Å². The number of hydrogen-bond acceptors (Lipinski definition) is 8. The van der Waals surface area contributed by atoms with Crippen LogP contribution < -0.4 is 15.2 Å². The van der Waals surface area contributed by atoms with Gasteiger partial charge >= 0.3 is 5.69 Å². The van der Waals surface area contributed by atoms with Gasteiger partial charge in [-0.15, -0.1) is 0 Å². The minimum atomic E-state index is -3.47. The Kier molecular flexibility index (Phi) is 6.38. The van der Waals surface area contributed by atoms with Crippen molar-refractivity contribution in [1.82, 2.24) is 24.5 Å². The number of imidazole rings is 1. The van der Waals surface area contributed by atoms with Crippen molar-refractivity contribution in [3.63, 3.8) is 0 Å². The molecule has 0 aliphatic heterocycles. The monoisotopic (exact) mass is 483 g/mol. The molecule has 1 N–H and O–H groups in total. The zero-order chi connectivity index (χ0) is 24.5. The van der Waals surface area contributed by atoms with E-state index in [1.54, 1.807) is 42.7 Å². The lowest BCUT2D eigenvalue weighted by molar-refractivity contribution is 0.310. The van der Waals surface area contributed by atoms with Crippen LogP contribution in [0.25, 0.3) is 22.6 Å². The Bertz CT molecular complexity index is 1510. The summed E-state index contributed by atoms with van der Waals surface area (Å²) in [6.45, 7) is 4.09. The highest BCUT2D eigenvalue weighted by Crippen LogP contribution is 2.33. The molecule has 10 nitrogen and oxygen atoms in total. The molecule has 11 heteroatoms. The lowest BCUT2D eigenvalue weighted by Gasteiger charge is -2.20. The molecule has 34 heavy (non-hydrogen) atoms. The second kappa shape index (κ2) is 9.26. The summed E-state index contributed by atoms with van der Waals surface area (Å²) in [6.07, 6.45) is 4.35.